The number of amides is 1. The van der Waals surface area contributed by atoms with E-state index in [0.29, 0.717) is 39.8 Å². The van der Waals surface area contributed by atoms with E-state index < -0.39 is 23.9 Å². The number of aromatic carboxylic acids is 2. The number of hydrogen-bond acceptors (Lipinski definition) is 24. The van der Waals surface area contributed by atoms with E-state index in [9.17, 15) is 33.6 Å². The van der Waals surface area contributed by atoms with Gasteiger partial charge in [0.2, 0.25) is 12.0 Å². The molecule has 11 heterocycles. The minimum atomic E-state index is -1.01. The van der Waals surface area contributed by atoms with Crippen molar-refractivity contribution in [3.63, 3.8) is 0 Å². The molecule has 5 aliphatic heterocycles. The Hall–Kier alpha value is -10.8. The Kier molecular flexibility index (Phi) is 31.0. The SMILES string of the molecule is COC(=O)c1cc(Cl)ncc1N.COC(=O)c1cc(Cl)ncc1N1CCCC1.COC1CCC(OC)O1.Cc1cc(=O)[nH]c2ccc(N)cc12.O=CNc1cc(C(=O)O)c(N2CCCC2)cn1.[C-]#[N+]c1cc(C(=O)O)c(N2CCCC2)cn1.[C-]#[N+]c1cc(C(=O)OC)c(N2CCCC2)cn1. The van der Waals surface area contributed by atoms with Crippen LogP contribution in [0.5, 0.6) is 0 Å². The van der Waals surface area contributed by atoms with Crippen LogP contribution in [-0.2, 0) is 33.2 Å². The molecule has 0 saturated carbocycles. The third kappa shape index (κ3) is 22.7. The van der Waals surface area contributed by atoms with Crippen molar-refractivity contribution in [2.24, 2.45) is 0 Å². The van der Waals surface area contributed by atoms with Gasteiger partial charge < -0.3 is 89.7 Å². The van der Waals surface area contributed by atoms with Gasteiger partial charge >= 0.3 is 29.8 Å². The number of nitrogens with one attached hydrogen (secondary N) is 2. The summed E-state index contributed by atoms with van der Waals surface area (Å²) in [5, 5.41) is 22.1. The normalized spacial score (nSPS) is 15.5. The number of carboxylic acids is 2. The maximum Gasteiger partial charge on any atom is 0.340 e. The van der Waals surface area contributed by atoms with Crippen molar-refractivity contribution in [3.05, 3.63) is 162 Å². The number of esters is 3. The predicted molar refractivity (Wildman–Crippen MR) is 377 cm³/mol. The summed E-state index contributed by atoms with van der Waals surface area (Å²) in [6.45, 7) is 22.8. The number of methoxy groups -OCH3 is 5. The first-order valence-electron chi connectivity index (χ1n) is 31.4. The number of carbonyl (C=O) groups is 6. The van der Waals surface area contributed by atoms with Crippen LogP contribution in [0, 0.1) is 20.1 Å². The molecular weight excluding hydrogens is 1340 g/mol. The largest absolute Gasteiger partial charge is 0.478 e. The molecule has 100 heavy (non-hydrogen) atoms. The Bertz CT molecular complexity index is 4100. The lowest BCUT2D eigenvalue weighted by Gasteiger charge is -2.19. The molecule has 0 spiro atoms. The summed E-state index contributed by atoms with van der Waals surface area (Å²) >= 11 is 11.3. The second-order valence-electron chi connectivity index (χ2n) is 22.3. The molecule has 2 atom stereocenters. The van der Waals surface area contributed by atoms with Crippen LogP contribution in [0.1, 0.15) is 122 Å². The summed E-state index contributed by atoms with van der Waals surface area (Å²) in [5.41, 5.74) is 18.1. The Balaban J connectivity index is 0.000000185. The topological polar surface area (TPSA) is 381 Å². The summed E-state index contributed by atoms with van der Waals surface area (Å²) in [4.78, 5) is 115. The van der Waals surface area contributed by atoms with Crippen molar-refractivity contribution in [1.82, 2.24) is 29.9 Å². The summed E-state index contributed by atoms with van der Waals surface area (Å²) in [5.74, 6) is -2.73. The molecule has 1 aromatic carbocycles. The third-order valence-electron chi connectivity index (χ3n) is 15.8. The van der Waals surface area contributed by atoms with Crippen molar-refractivity contribution in [2.75, 3.05) is 124 Å². The van der Waals surface area contributed by atoms with Gasteiger partial charge in [0.05, 0.1) is 96.2 Å². The number of aryl methyl sites for hydroxylation is 1. The van der Waals surface area contributed by atoms with Gasteiger partial charge in [-0.3, -0.25) is 9.59 Å². The lowest BCUT2D eigenvalue weighted by molar-refractivity contribution is -0.185. The van der Waals surface area contributed by atoms with Crippen molar-refractivity contribution >= 4 is 122 Å². The summed E-state index contributed by atoms with van der Waals surface area (Å²) in [6, 6.07) is 14.2. The quantitative estimate of drug-likeness (QED) is 0.0156. The summed E-state index contributed by atoms with van der Waals surface area (Å²) in [7, 11) is 7.26. The number of aromatic amines is 1. The number of halogens is 2. The van der Waals surface area contributed by atoms with Gasteiger partial charge in [0.1, 0.15) is 28.5 Å². The number of anilines is 7. The molecule has 30 nitrogen and oxygen atoms in total. The number of aromatic nitrogens is 6. The van der Waals surface area contributed by atoms with E-state index in [0.717, 1.165) is 144 Å². The first-order valence-corrected chi connectivity index (χ1v) is 32.2. The van der Waals surface area contributed by atoms with E-state index in [1.807, 2.05) is 28.9 Å². The van der Waals surface area contributed by atoms with Gasteiger partial charge in [0.15, 0.2) is 12.6 Å². The molecule has 0 radical (unpaired) electrons. The van der Waals surface area contributed by atoms with E-state index >= 15 is 0 Å². The van der Waals surface area contributed by atoms with Crippen molar-refractivity contribution in [3.8, 4) is 0 Å². The number of nitrogens with two attached hydrogens (primary N) is 2. The molecule has 2 unspecified atom stereocenters. The second kappa shape index (κ2) is 39.6. The van der Waals surface area contributed by atoms with E-state index in [-0.39, 0.29) is 69.1 Å². The number of nitrogen functional groups attached to an aromatic ring is 2. The predicted octanol–water partition coefficient (Wildman–Crippen LogP) is 10.3. The standard InChI is InChI=1S/C12H13N3O2.C11H13ClN2O2.C11H13N3O3.C11H11N3O2.C10H10N2O.C7H7ClN2O2.C6H12O3/c1-13-11-7-9(12(16)17-2)10(8-14-11)15-5-3-4-6-15;1-16-11(15)8-6-10(12)13-7-9(8)14-4-2-3-5-14;15-7-13-10-5-8(11(16)17)9(6-12-10)14-3-1-2-4-14;1-12-10-6-8(11(15)16)9(7-13-10)14-4-2-3-5-14;1-6-4-10(13)12-9-3-2-7(11)5-8(6)9;1-12-7(11)4-2-6(8)10-3-5(4)9;1-7-5-3-4-6(8-2)9-5/h7-8H,3-6H2,2H3;6-7H,2-5H2,1H3;5-7H,1-4H2,(H,16,17)(H,12,13,15);6-7H,2-5H2,(H,15,16);2-5H,11H2,1H3,(H,12,13);2-3H,9H2,1H3;5-6H,3-4H2,1-2H3. The molecule has 6 aromatic heterocycles. The number of carbonyl (C=O) groups excluding carboxylic acids is 4. The number of fused-ring (bicyclic) bond motifs is 1. The van der Waals surface area contributed by atoms with Crippen LogP contribution in [-0.4, -0.2) is 177 Å². The molecular formula is C68H79Cl2N15O15. The van der Waals surface area contributed by atoms with E-state index in [1.165, 1.54) is 64.2 Å². The Morgan fingerprint density at radius 2 is 0.960 bits per heavy atom. The lowest BCUT2D eigenvalue weighted by Crippen LogP contribution is -2.21. The minimum Gasteiger partial charge on any atom is -0.478 e. The average molecular weight is 1420 g/mol. The van der Waals surface area contributed by atoms with Gasteiger partial charge in [-0.1, -0.05) is 36.3 Å². The van der Waals surface area contributed by atoms with E-state index in [1.54, 1.807) is 44.8 Å². The van der Waals surface area contributed by atoms with Crippen molar-refractivity contribution in [2.45, 2.75) is 83.7 Å². The number of ether oxygens (including phenoxy) is 6. The fraction of sp³-hybridized carbons (Fsp3) is 0.382. The second-order valence-corrected chi connectivity index (χ2v) is 23.1. The third-order valence-corrected chi connectivity index (χ3v) is 16.2. The highest BCUT2D eigenvalue weighted by Crippen LogP contribution is 2.31. The lowest BCUT2D eigenvalue weighted by atomic mass is 10.1. The minimum absolute atomic E-state index is 0.0463. The van der Waals surface area contributed by atoms with Crippen LogP contribution in [0.3, 0.4) is 0 Å². The number of nitrogens with zero attached hydrogens (tertiary/aromatic N) is 11. The van der Waals surface area contributed by atoms with E-state index in [2.05, 4.69) is 59.4 Å². The summed E-state index contributed by atoms with van der Waals surface area (Å²) in [6.07, 6.45) is 18.6. The number of pyridine rings is 6. The van der Waals surface area contributed by atoms with Gasteiger partial charge in [-0.25, -0.2) is 38.9 Å². The molecule has 7 aromatic rings. The molecule has 8 N–H and O–H groups in total. The molecule has 12 rings (SSSR count). The number of benzene rings is 1. The zero-order chi connectivity index (χ0) is 72.8. The van der Waals surface area contributed by atoms with Crippen LogP contribution in [0.25, 0.3) is 20.6 Å². The Morgan fingerprint density at radius 1 is 0.570 bits per heavy atom. The maximum absolute atomic E-state index is 11.7. The van der Waals surface area contributed by atoms with Gasteiger partial charge in [0, 0.05) is 102 Å². The maximum atomic E-state index is 11.7. The van der Waals surface area contributed by atoms with Crippen molar-refractivity contribution in [1.29, 1.82) is 0 Å². The molecule has 0 bridgehead atoms. The van der Waals surface area contributed by atoms with Gasteiger partial charge in [-0.2, -0.15) is 0 Å². The van der Waals surface area contributed by atoms with Crippen LogP contribution in [0.15, 0.2) is 90.4 Å². The molecule has 0 aliphatic carbocycles. The average Bonchev–Trinajstić information content (AvgIpc) is 1.76. The number of rotatable bonds is 13. The van der Waals surface area contributed by atoms with Crippen LogP contribution < -0.4 is 41.9 Å². The molecule has 1 amide bonds. The van der Waals surface area contributed by atoms with Gasteiger partial charge in [0.25, 0.3) is 11.6 Å². The van der Waals surface area contributed by atoms with Gasteiger partial charge in [-0.05, 0) is 112 Å². The molecule has 5 aliphatic rings. The zero-order valence-electron chi connectivity index (χ0n) is 56.1. The first-order chi connectivity index (χ1) is 48.1. The highest BCUT2D eigenvalue weighted by Gasteiger charge is 2.27. The monoisotopic (exact) mass is 1420 g/mol. The van der Waals surface area contributed by atoms with Crippen LogP contribution >= 0.6 is 23.2 Å². The van der Waals surface area contributed by atoms with Crippen LogP contribution in [0.2, 0.25) is 10.3 Å². The summed E-state index contributed by atoms with van der Waals surface area (Å²) < 4.78 is 29.0. The fourth-order valence-corrected chi connectivity index (χ4v) is 11.1. The number of hydrogen-bond donors (Lipinski definition) is 6. The molecule has 5 saturated heterocycles. The molecule has 32 heteroatoms. The van der Waals surface area contributed by atoms with E-state index in [4.69, 9.17) is 81.7 Å². The fourth-order valence-electron chi connectivity index (χ4n) is 10.8. The van der Waals surface area contributed by atoms with Crippen molar-refractivity contribution < 1.29 is 67.4 Å². The van der Waals surface area contributed by atoms with Gasteiger partial charge in [-0.15, -0.1) is 9.97 Å². The molecule has 530 valence electrons. The number of carboxylic acid groups (broad SMARTS) is 2. The highest BCUT2D eigenvalue weighted by molar-refractivity contribution is 6.30. The highest BCUT2D eigenvalue weighted by atomic mass is 35.5. The Morgan fingerprint density at radius 3 is 1.38 bits per heavy atom. The number of H-pyrrole nitrogens is 1. The zero-order valence-corrected chi connectivity index (χ0v) is 57.6. The molecule has 5 fully saturated rings. The Labute approximate surface area is 587 Å². The van der Waals surface area contributed by atoms with Crippen LogP contribution in [0.4, 0.5) is 51.6 Å². The smallest absolute Gasteiger partial charge is 0.340 e. The first kappa shape index (κ1) is 78.2.